The Bertz CT molecular complexity index is 999. The standard InChI is InChI=1S/C24H33N7.HI/c1-3-25-24(27-16-23-29-28-22-8-4-5-14-31(22)23)26-15-20-9-11-21(12-10-20)18-30-13-6-7-19(2)17-30;/h4-5,8-12,14,19H,3,6-7,13,15-18H2,1-2H3,(H2,25,26,27);1H. The van der Waals surface area contributed by atoms with Gasteiger partial charge in [-0.2, -0.15) is 0 Å². The van der Waals surface area contributed by atoms with E-state index in [2.05, 4.69) is 63.8 Å². The Morgan fingerprint density at radius 3 is 2.69 bits per heavy atom. The highest BCUT2D eigenvalue weighted by atomic mass is 127. The van der Waals surface area contributed by atoms with Crippen LogP contribution in [0.2, 0.25) is 0 Å². The van der Waals surface area contributed by atoms with E-state index >= 15 is 0 Å². The third-order valence-corrected chi connectivity index (χ3v) is 5.73. The second kappa shape index (κ2) is 12.2. The summed E-state index contributed by atoms with van der Waals surface area (Å²) in [4.78, 5) is 7.32. The molecule has 3 heterocycles. The van der Waals surface area contributed by atoms with Gasteiger partial charge in [0.15, 0.2) is 17.4 Å². The molecule has 0 spiro atoms. The number of aliphatic imine (C=N–C) groups is 1. The number of fused-ring (bicyclic) bond motifs is 1. The van der Waals surface area contributed by atoms with E-state index in [1.165, 1.54) is 37.1 Å². The fourth-order valence-electron chi connectivity index (χ4n) is 4.12. The van der Waals surface area contributed by atoms with E-state index in [-0.39, 0.29) is 24.0 Å². The monoisotopic (exact) mass is 547 g/mol. The van der Waals surface area contributed by atoms with Crippen molar-refractivity contribution in [3.63, 3.8) is 0 Å². The minimum absolute atomic E-state index is 0. The number of likely N-dealkylation sites (tertiary alicyclic amines) is 1. The van der Waals surface area contributed by atoms with Gasteiger partial charge in [0, 0.05) is 25.8 Å². The van der Waals surface area contributed by atoms with Gasteiger partial charge in [-0.1, -0.05) is 37.3 Å². The third kappa shape index (κ3) is 6.65. The van der Waals surface area contributed by atoms with E-state index in [1.54, 1.807) is 0 Å². The van der Waals surface area contributed by atoms with Crippen LogP contribution in [0.4, 0.5) is 0 Å². The Balaban J connectivity index is 0.00000289. The highest BCUT2D eigenvalue weighted by Gasteiger charge is 2.16. The second-order valence-electron chi connectivity index (χ2n) is 8.39. The molecule has 1 fully saturated rings. The van der Waals surface area contributed by atoms with Crippen molar-refractivity contribution in [2.45, 2.75) is 46.3 Å². The molecule has 4 rings (SSSR count). The zero-order chi connectivity index (χ0) is 21.5. The lowest BCUT2D eigenvalue weighted by Crippen LogP contribution is -2.37. The van der Waals surface area contributed by atoms with Crippen LogP contribution in [0.25, 0.3) is 5.65 Å². The predicted octanol–water partition coefficient (Wildman–Crippen LogP) is 3.83. The first-order valence-electron chi connectivity index (χ1n) is 11.3. The molecule has 32 heavy (non-hydrogen) atoms. The molecular formula is C24H34IN7. The number of piperidine rings is 1. The maximum absolute atomic E-state index is 4.75. The number of nitrogens with one attached hydrogen (secondary N) is 2. The van der Waals surface area contributed by atoms with Crippen LogP contribution in [0.1, 0.15) is 43.6 Å². The number of nitrogens with zero attached hydrogens (tertiary/aromatic N) is 5. The van der Waals surface area contributed by atoms with Gasteiger partial charge >= 0.3 is 0 Å². The molecule has 0 aliphatic carbocycles. The largest absolute Gasteiger partial charge is 0.357 e. The molecule has 0 saturated carbocycles. The van der Waals surface area contributed by atoms with Gasteiger partial charge in [-0.15, -0.1) is 34.2 Å². The van der Waals surface area contributed by atoms with E-state index in [0.717, 1.165) is 36.4 Å². The van der Waals surface area contributed by atoms with E-state index in [4.69, 9.17) is 4.99 Å². The smallest absolute Gasteiger partial charge is 0.191 e. The van der Waals surface area contributed by atoms with Crippen LogP contribution in [0.15, 0.2) is 53.7 Å². The van der Waals surface area contributed by atoms with E-state index in [9.17, 15) is 0 Å². The molecule has 0 amide bonds. The van der Waals surface area contributed by atoms with Gasteiger partial charge in [0.2, 0.25) is 0 Å². The van der Waals surface area contributed by atoms with E-state index in [0.29, 0.717) is 13.1 Å². The lowest BCUT2D eigenvalue weighted by molar-refractivity contribution is 0.176. The molecular weight excluding hydrogens is 513 g/mol. The Hall–Kier alpha value is -2.20. The van der Waals surface area contributed by atoms with Gasteiger partial charge in [-0.3, -0.25) is 9.30 Å². The summed E-state index contributed by atoms with van der Waals surface area (Å²) < 4.78 is 1.98. The summed E-state index contributed by atoms with van der Waals surface area (Å²) in [5, 5.41) is 15.1. The Morgan fingerprint density at radius 1 is 1.09 bits per heavy atom. The Kier molecular flexibility index (Phi) is 9.28. The van der Waals surface area contributed by atoms with Crippen molar-refractivity contribution in [2.24, 2.45) is 10.9 Å². The van der Waals surface area contributed by atoms with Crippen molar-refractivity contribution in [3.8, 4) is 0 Å². The van der Waals surface area contributed by atoms with Crippen LogP contribution < -0.4 is 10.6 Å². The number of pyridine rings is 1. The SMILES string of the molecule is CCNC(=NCc1ccc(CN2CCCC(C)C2)cc1)NCc1nnc2ccccn12.I. The maximum atomic E-state index is 4.75. The number of rotatable bonds is 7. The number of benzene rings is 1. The molecule has 2 N–H and O–H groups in total. The summed E-state index contributed by atoms with van der Waals surface area (Å²) in [5.74, 6) is 2.45. The van der Waals surface area contributed by atoms with Crippen molar-refractivity contribution < 1.29 is 0 Å². The quantitative estimate of drug-likeness (QED) is 0.268. The average molecular weight is 547 g/mol. The topological polar surface area (TPSA) is 69.8 Å². The van der Waals surface area contributed by atoms with Crippen molar-refractivity contribution in [1.82, 2.24) is 30.1 Å². The first-order chi connectivity index (χ1) is 15.2. The van der Waals surface area contributed by atoms with Crippen LogP contribution in [-0.4, -0.2) is 45.1 Å². The van der Waals surface area contributed by atoms with E-state index < -0.39 is 0 Å². The minimum atomic E-state index is 0. The van der Waals surface area contributed by atoms with Gasteiger partial charge < -0.3 is 10.6 Å². The molecule has 1 saturated heterocycles. The second-order valence-corrected chi connectivity index (χ2v) is 8.39. The van der Waals surface area contributed by atoms with Gasteiger partial charge in [0.05, 0.1) is 13.1 Å². The summed E-state index contributed by atoms with van der Waals surface area (Å²) >= 11 is 0. The molecule has 8 heteroatoms. The summed E-state index contributed by atoms with van der Waals surface area (Å²) in [6, 6.07) is 14.8. The van der Waals surface area contributed by atoms with Crippen molar-refractivity contribution in [2.75, 3.05) is 19.6 Å². The van der Waals surface area contributed by atoms with Crippen LogP contribution >= 0.6 is 24.0 Å². The summed E-state index contributed by atoms with van der Waals surface area (Å²) in [7, 11) is 0. The predicted molar refractivity (Wildman–Crippen MR) is 140 cm³/mol. The first kappa shape index (κ1) is 24.4. The van der Waals surface area contributed by atoms with Crippen LogP contribution in [0.3, 0.4) is 0 Å². The fraction of sp³-hybridized carbons (Fsp3) is 0.458. The van der Waals surface area contributed by atoms with Crippen LogP contribution in [0, 0.1) is 5.92 Å². The lowest BCUT2D eigenvalue weighted by Gasteiger charge is -2.30. The summed E-state index contributed by atoms with van der Waals surface area (Å²) in [6.45, 7) is 9.90. The molecule has 1 aliphatic heterocycles. The number of guanidine groups is 1. The van der Waals surface area contributed by atoms with Crippen molar-refractivity contribution in [1.29, 1.82) is 0 Å². The van der Waals surface area contributed by atoms with Crippen molar-refractivity contribution in [3.05, 3.63) is 65.6 Å². The molecule has 1 atom stereocenters. The normalized spacial score (nSPS) is 17.2. The number of hydrogen-bond donors (Lipinski definition) is 2. The fourth-order valence-corrected chi connectivity index (χ4v) is 4.12. The van der Waals surface area contributed by atoms with Gasteiger partial charge in [-0.25, -0.2) is 4.99 Å². The molecule has 172 valence electrons. The molecule has 0 bridgehead atoms. The summed E-state index contributed by atoms with van der Waals surface area (Å²) in [5.41, 5.74) is 3.44. The zero-order valence-corrected chi connectivity index (χ0v) is 21.3. The van der Waals surface area contributed by atoms with Gasteiger partial charge in [0.1, 0.15) is 0 Å². The lowest BCUT2D eigenvalue weighted by atomic mass is 9.99. The average Bonchev–Trinajstić information content (AvgIpc) is 3.20. The van der Waals surface area contributed by atoms with Crippen LogP contribution in [-0.2, 0) is 19.6 Å². The summed E-state index contributed by atoms with van der Waals surface area (Å²) in [6.07, 6.45) is 4.66. The van der Waals surface area contributed by atoms with Crippen LogP contribution in [0.5, 0.6) is 0 Å². The first-order valence-corrected chi connectivity index (χ1v) is 11.3. The molecule has 7 nitrogen and oxygen atoms in total. The number of aromatic nitrogens is 3. The minimum Gasteiger partial charge on any atom is -0.357 e. The number of hydrogen-bond acceptors (Lipinski definition) is 4. The molecule has 0 radical (unpaired) electrons. The molecule has 3 aromatic rings. The Labute approximate surface area is 207 Å². The molecule has 1 aliphatic rings. The Morgan fingerprint density at radius 2 is 1.91 bits per heavy atom. The molecule has 1 unspecified atom stereocenters. The number of halogens is 1. The maximum Gasteiger partial charge on any atom is 0.191 e. The molecule has 2 aromatic heterocycles. The van der Waals surface area contributed by atoms with Gasteiger partial charge in [-0.05, 0) is 55.5 Å². The molecule has 1 aromatic carbocycles. The van der Waals surface area contributed by atoms with Crippen molar-refractivity contribution >= 4 is 35.6 Å². The highest BCUT2D eigenvalue weighted by molar-refractivity contribution is 14.0. The van der Waals surface area contributed by atoms with E-state index in [1.807, 2.05) is 28.8 Å². The third-order valence-electron chi connectivity index (χ3n) is 5.73. The highest BCUT2D eigenvalue weighted by Crippen LogP contribution is 2.18. The zero-order valence-electron chi connectivity index (χ0n) is 19.0. The van der Waals surface area contributed by atoms with Gasteiger partial charge in [0.25, 0.3) is 0 Å².